The molecule has 2 N–H and O–H groups in total. The highest BCUT2D eigenvalue weighted by Gasteiger charge is 2.22. The summed E-state index contributed by atoms with van der Waals surface area (Å²) < 4.78 is 33.7. The fourth-order valence-electron chi connectivity index (χ4n) is 4.12. The van der Waals surface area contributed by atoms with Gasteiger partial charge in [-0.15, -0.1) is 0 Å². The van der Waals surface area contributed by atoms with Gasteiger partial charge in [-0.25, -0.2) is 13.1 Å². The van der Waals surface area contributed by atoms with Gasteiger partial charge in [-0.3, -0.25) is 4.79 Å². The van der Waals surface area contributed by atoms with Gasteiger partial charge in [0.2, 0.25) is 10.0 Å². The highest BCUT2D eigenvalue weighted by molar-refractivity contribution is 7.89. The molecule has 7 heteroatoms. The van der Waals surface area contributed by atoms with Gasteiger partial charge in [0.1, 0.15) is 5.75 Å². The van der Waals surface area contributed by atoms with E-state index in [1.165, 1.54) is 12.8 Å². The first-order valence-electron chi connectivity index (χ1n) is 10.5. The molecule has 28 heavy (non-hydrogen) atoms. The highest BCUT2D eigenvalue weighted by atomic mass is 32.2. The Morgan fingerprint density at radius 3 is 2.21 bits per heavy atom. The van der Waals surface area contributed by atoms with E-state index in [2.05, 4.69) is 10.0 Å². The maximum absolute atomic E-state index is 12.6. The number of ether oxygens (including phenoxy) is 1. The number of benzene rings is 1. The molecule has 2 saturated carbocycles. The lowest BCUT2D eigenvalue weighted by Gasteiger charge is -2.23. The van der Waals surface area contributed by atoms with Gasteiger partial charge in [-0.05, 0) is 56.4 Å². The molecule has 2 aliphatic rings. The van der Waals surface area contributed by atoms with Gasteiger partial charge in [0.05, 0.1) is 4.90 Å². The Bertz CT molecular complexity index is 767. The van der Waals surface area contributed by atoms with E-state index in [1.54, 1.807) is 25.1 Å². The molecular formula is C21H32N2O4S. The fourth-order valence-corrected chi connectivity index (χ4v) is 5.51. The minimum atomic E-state index is -3.53. The van der Waals surface area contributed by atoms with Crippen LogP contribution < -0.4 is 14.8 Å². The van der Waals surface area contributed by atoms with E-state index in [1.807, 2.05) is 0 Å². The molecule has 156 valence electrons. The van der Waals surface area contributed by atoms with Crippen molar-refractivity contribution in [1.29, 1.82) is 0 Å². The summed E-state index contributed by atoms with van der Waals surface area (Å²) in [7, 11) is -3.53. The van der Waals surface area contributed by atoms with E-state index < -0.39 is 10.0 Å². The molecule has 0 aliphatic heterocycles. The van der Waals surface area contributed by atoms with Crippen molar-refractivity contribution in [3.63, 3.8) is 0 Å². The third-order valence-corrected chi connectivity index (χ3v) is 7.23. The molecule has 0 aromatic heterocycles. The van der Waals surface area contributed by atoms with Crippen molar-refractivity contribution >= 4 is 15.9 Å². The normalized spacial score (nSPS) is 19.3. The van der Waals surface area contributed by atoms with Crippen molar-refractivity contribution in [2.45, 2.75) is 88.1 Å². The maximum Gasteiger partial charge on any atom is 0.258 e. The van der Waals surface area contributed by atoms with Crippen LogP contribution in [0.25, 0.3) is 0 Å². The second kappa shape index (κ2) is 9.74. The van der Waals surface area contributed by atoms with Gasteiger partial charge >= 0.3 is 0 Å². The van der Waals surface area contributed by atoms with E-state index >= 15 is 0 Å². The Balaban J connectivity index is 1.54. The number of sulfonamides is 1. The lowest BCUT2D eigenvalue weighted by atomic mass is 9.95. The van der Waals surface area contributed by atoms with Crippen LogP contribution in [0.1, 0.15) is 69.8 Å². The molecule has 1 aromatic carbocycles. The molecule has 2 fully saturated rings. The minimum absolute atomic E-state index is 0.0264. The van der Waals surface area contributed by atoms with Gasteiger partial charge in [0, 0.05) is 12.1 Å². The molecular weight excluding hydrogens is 376 g/mol. The van der Waals surface area contributed by atoms with Crippen molar-refractivity contribution in [1.82, 2.24) is 10.0 Å². The Labute approximate surface area is 168 Å². The maximum atomic E-state index is 12.6. The van der Waals surface area contributed by atoms with Gasteiger partial charge in [-0.2, -0.15) is 0 Å². The molecule has 0 bridgehead atoms. The fraction of sp³-hybridized carbons (Fsp3) is 0.667. The lowest BCUT2D eigenvalue weighted by Crippen LogP contribution is -2.39. The number of hydrogen-bond donors (Lipinski definition) is 2. The van der Waals surface area contributed by atoms with E-state index in [0.717, 1.165) is 51.4 Å². The van der Waals surface area contributed by atoms with Crippen molar-refractivity contribution in [3.8, 4) is 5.75 Å². The van der Waals surface area contributed by atoms with Crippen molar-refractivity contribution < 1.29 is 17.9 Å². The number of rotatable bonds is 7. The molecule has 0 unspecified atom stereocenters. The first kappa shape index (κ1) is 21.1. The van der Waals surface area contributed by atoms with Gasteiger partial charge in [0.15, 0.2) is 6.61 Å². The van der Waals surface area contributed by atoms with Crippen molar-refractivity contribution in [2.75, 3.05) is 6.61 Å². The average molecular weight is 409 g/mol. The Morgan fingerprint density at radius 2 is 1.61 bits per heavy atom. The standard InChI is InChI=1S/C21H32N2O4S/c1-16-14-19(28(25,26)23-18-10-6-3-7-11-18)12-13-20(16)27-15-21(24)22-17-8-4-2-5-9-17/h12-14,17-18,23H,2-11,15H2,1H3,(H,22,24). The van der Waals surface area contributed by atoms with Crippen LogP contribution in [-0.2, 0) is 14.8 Å². The van der Waals surface area contributed by atoms with Crippen LogP contribution in [0, 0.1) is 6.92 Å². The SMILES string of the molecule is Cc1cc(S(=O)(=O)NC2CCCCC2)ccc1OCC(=O)NC1CCCCC1. The Hall–Kier alpha value is -1.60. The third-order valence-electron chi connectivity index (χ3n) is 5.71. The Kier molecular flexibility index (Phi) is 7.35. The number of hydrogen-bond acceptors (Lipinski definition) is 4. The summed E-state index contributed by atoms with van der Waals surface area (Å²) in [6.07, 6.45) is 10.8. The van der Waals surface area contributed by atoms with Crippen LogP contribution in [0.2, 0.25) is 0 Å². The van der Waals surface area contributed by atoms with Crippen LogP contribution in [0.4, 0.5) is 0 Å². The smallest absolute Gasteiger partial charge is 0.258 e. The topological polar surface area (TPSA) is 84.5 Å². The predicted octanol–water partition coefficient (Wildman–Crippen LogP) is 3.43. The predicted molar refractivity (Wildman–Crippen MR) is 109 cm³/mol. The molecule has 0 saturated heterocycles. The number of amides is 1. The summed E-state index contributed by atoms with van der Waals surface area (Å²) >= 11 is 0. The average Bonchev–Trinajstić information content (AvgIpc) is 2.68. The zero-order valence-corrected chi connectivity index (χ0v) is 17.5. The molecule has 1 aromatic rings. The number of carbonyl (C=O) groups excluding carboxylic acids is 1. The summed E-state index contributed by atoms with van der Waals surface area (Å²) in [5.41, 5.74) is 0.706. The van der Waals surface area contributed by atoms with Crippen LogP contribution in [0.5, 0.6) is 5.75 Å². The van der Waals surface area contributed by atoms with Crippen molar-refractivity contribution in [2.24, 2.45) is 0 Å². The molecule has 3 rings (SSSR count). The molecule has 2 aliphatic carbocycles. The number of aryl methyl sites for hydroxylation is 1. The molecule has 6 nitrogen and oxygen atoms in total. The third kappa shape index (κ3) is 5.95. The van der Waals surface area contributed by atoms with Crippen LogP contribution in [-0.4, -0.2) is 33.0 Å². The summed E-state index contributed by atoms with van der Waals surface area (Å²) in [6.45, 7) is 1.75. The van der Waals surface area contributed by atoms with Gasteiger partial charge in [-0.1, -0.05) is 38.5 Å². The van der Waals surface area contributed by atoms with Gasteiger partial charge < -0.3 is 10.1 Å². The van der Waals surface area contributed by atoms with Crippen LogP contribution >= 0.6 is 0 Å². The minimum Gasteiger partial charge on any atom is -0.484 e. The first-order valence-corrected chi connectivity index (χ1v) is 12.0. The molecule has 0 atom stereocenters. The summed E-state index contributed by atoms with van der Waals surface area (Å²) in [4.78, 5) is 12.3. The van der Waals surface area contributed by atoms with E-state index in [-0.39, 0.29) is 29.5 Å². The van der Waals surface area contributed by atoms with Crippen LogP contribution in [0.15, 0.2) is 23.1 Å². The zero-order valence-electron chi connectivity index (χ0n) is 16.7. The van der Waals surface area contributed by atoms with E-state index in [0.29, 0.717) is 11.3 Å². The second-order valence-corrected chi connectivity index (χ2v) is 9.79. The molecule has 1 amide bonds. The monoisotopic (exact) mass is 408 g/mol. The van der Waals surface area contributed by atoms with Crippen molar-refractivity contribution in [3.05, 3.63) is 23.8 Å². The summed E-state index contributed by atoms with van der Waals surface area (Å²) in [5, 5.41) is 3.02. The van der Waals surface area contributed by atoms with E-state index in [4.69, 9.17) is 4.74 Å². The number of carbonyl (C=O) groups is 1. The van der Waals surface area contributed by atoms with E-state index in [9.17, 15) is 13.2 Å². The second-order valence-electron chi connectivity index (χ2n) is 8.07. The lowest BCUT2D eigenvalue weighted by molar-refractivity contribution is -0.124. The van der Waals surface area contributed by atoms with Gasteiger partial charge in [0.25, 0.3) is 5.91 Å². The highest BCUT2D eigenvalue weighted by Crippen LogP contribution is 2.24. The molecule has 0 heterocycles. The number of nitrogens with one attached hydrogen (secondary N) is 2. The quantitative estimate of drug-likeness (QED) is 0.724. The Morgan fingerprint density at radius 1 is 1.00 bits per heavy atom. The van der Waals surface area contributed by atoms with Crippen LogP contribution in [0.3, 0.4) is 0 Å². The summed E-state index contributed by atoms with van der Waals surface area (Å²) in [6, 6.07) is 5.08. The first-order chi connectivity index (χ1) is 13.4. The molecule has 0 radical (unpaired) electrons. The largest absolute Gasteiger partial charge is 0.484 e. The molecule has 0 spiro atoms. The zero-order chi connectivity index (χ0) is 20.0. The summed E-state index contributed by atoms with van der Waals surface area (Å²) in [5.74, 6) is 0.414.